The molecule has 0 radical (unpaired) electrons. The van der Waals surface area contributed by atoms with Gasteiger partial charge in [-0.3, -0.25) is 14.9 Å². The molecule has 4 rings (SSSR count). The molecule has 3 aromatic rings. The minimum Gasteiger partial charge on any atom is -0.323 e. The molecule has 0 aliphatic carbocycles. The van der Waals surface area contributed by atoms with Crippen LogP contribution in [0.25, 0.3) is 17.2 Å². The first-order chi connectivity index (χ1) is 13.7. The Morgan fingerprint density at radius 2 is 2.04 bits per heavy atom. The molecule has 0 spiro atoms. The fraction of sp³-hybridized carbons (Fsp3) is 0.143. The highest BCUT2D eigenvalue weighted by Gasteiger charge is 2.15. The van der Waals surface area contributed by atoms with Crippen LogP contribution in [0, 0.1) is 0 Å². The Morgan fingerprint density at radius 1 is 1.18 bits per heavy atom. The quantitative estimate of drug-likeness (QED) is 0.599. The molecule has 28 heavy (non-hydrogen) atoms. The molecule has 0 bridgehead atoms. The van der Waals surface area contributed by atoms with Crippen molar-refractivity contribution in [2.24, 2.45) is 5.10 Å². The summed E-state index contributed by atoms with van der Waals surface area (Å²) in [5.41, 5.74) is 8.63. The monoisotopic (exact) mass is 372 g/mol. The number of aromatic amines is 1. The van der Waals surface area contributed by atoms with Crippen molar-refractivity contribution in [1.82, 2.24) is 20.6 Å². The van der Waals surface area contributed by atoms with Crippen LogP contribution in [0.3, 0.4) is 0 Å². The summed E-state index contributed by atoms with van der Waals surface area (Å²) in [5.74, 6) is -0.205. The van der Waals surface area contributed by atoms with Crippen LogP contribution in [0.4, 0.5) is 5.69 Å². The van der Waals surface area contributed by atoms with Crippen LogP contribution in [-0.4, -0.2) is 32.8 Å². The molecule has 1 aliphatic heterocycles. The number of hydrazone groups is 1. The van der Waals surface area contributed by atoms with E-state index in [0.717, 1.165) is 40.1 Å². The van der Waals surface area contributed by atoms with Crippen molar-refractivity contribution in [2.45, 2.75) is 19.4 Å². The highest BCUT2D eigenvalue weighted by molar-refractivity contribution is 6.04. The second-order valence-electron chi connectivity index (χ2n) is 6.64. The van der Waals surface area contributed by atoms with Gasteiger partial charge in [-0.2, -0.15) is 10.2 Å². The summed E-state index contributed by atoms with van der Waals surface area (Å²) in [6.07, 6.45) is 11.1. The van der Waals surface area contributed by atoms with Crippen LogP contribution < -0.4 is 10.7 Å². The number of carbonyl (C=O) groups is 1. The van der Waals surface area contributed by atoms with Gasteiger partial charge in [0.05, 0.1) is 11.9 Å². The Balaban J connectivity index is 1.42. The van der Waals surface area contributed by atoms with E-state index in [1.807, 2.05) is 30.3 Å². The highest BCUT2D eigenvalue weighted by Crippen LogP contribution is 2.22. The number of aromatic nitrogens is 3. The summed E-state index contributed by atoms with van der Waals surface area (Å²) >= 11 is 0. The van der Waals surface area contributed by atoms with Crippen LogP contribution in [0.2, 0.25) is 0 Å². The Hall–Kier alpha value is -3.74. The third-order valence-electron chi connectivity index (χ3n) is 4.48. The van der Waals surface area contributed by atoms with E-state index in [2.05, 4.69) is 37.9 Å². The molecule has 1 amide bonds. The topological polar surface area (TPSA) is 95.1 Å². The van der Waals surface area contributed by atoms with Gasteiger partial charge in [0, 0.05) is 53.9 Å². The molecule has 0 fully saturated rings. The predicted octanol–water partition coefficient (Wildman–Crippen LogP) is 3.21. The number of amides is 1. The number of carbonyl (C=O) groups excluding carboxylic acids is 1. The van der Waals surface area contributed by atoms with Crippen molar-refractivity contribution in [3.8, 4) is 11.1 Å². The summed E-state index contributed by atoms with van der Waals surface area (Å²) in [6, 6.07) is 9.95. The zero-order valence-corrected chi connectivity index (χ0v) is 15.4. The van der Waals surface area contributed by atoms with Gasteiger partial charge in [0.1, 0.15) is 0 Å². The molecule has 1 aromatic carbocycles. The maximum atomic E-state index is 12.3. The molecule has 140 valence electrons. The molecular weight excluding hydrogens is 352 g/mol. The van der Waals surface area contributed by atoms with Gasteiger partial charge >= 0.3 is 0 Å². The van der Waals surface area contributed by atoms with E-state index in [4.69, 9.17) is 0 Å². The van der Waals surface area contributed by atoms with Gasteiger partial charge in [0.15, 0.2) is 0 Å². The molecular formula is C21H20N6O. The van der Waals surface area contributed by atoms with Crippen molar-refractivity contribution in [3.05, 3.63) is 72.3 Å². The lowest BCUT2D eigenvalue weighted by atomic mass is 10.0. The van der Waals surface area contributed by atoms with E-state index < -0.39 is 0 Å². The van der Waals surface area contributed by atoms with Gasteiger partial charge in [0.2, 0.25) is 5.91 Å². The molecule has 1 unspecified atom stereocenters. The number of anilines is 1. The molecule has 3 heterocycles. The number of nitrogens with one attached hydrogen (secondary N) is 3. The van der Waals surface area contributed by atoms with Gasteiger partial charge in [-0.05, 0) is 42.3 Å². The summed E-state index contributed by atoms with van der Waals surface area (Å²) < 4.78 is 0. The number of hydrogen-bond donors (Lipinski definition) is 3. The van der Waals surface area contributed by atoms with Gasteiger partial charge in [-0.1, -0.05) is 12.1 Å². The molecule has 7 nitrogen and oxygen atoms in total. The van der Waals surface area contributed by atoms with Crippen molar-refractivity contribution in [3.63, 3.8) is 0 Å². The molecule has 1 aliphatic rings. The Bertz CT molecular complexity index is 1020. The van der Waals surface area contributed by atoms with Gasteiger partial charge in [0.25, 0.3) is 0 Å². The summed E-state index contributed by atoms with van der Waals surface area (Å²) in [5, 5.41) is 14.0. The van der Waals surface area contributed by atoms with E-state index in [9.17, 15) is 4.79 Å². The number of nitrogens with zero attached hydrogens (tertiary/aromatic N) is 3. The van der Waals surface area contributed by atoms with Gasteiger partial charge < -0.3 is 10.7 Å². The van der Waals surface area contributed by atoms with Gasteiger partial charge in [-0.15, -0.1) is 0 Å². The second kappa shape index (κ2) is 7.87. The average molecular weight is 372 g/mol. The molecule has 7 heteroatoms. The lowest BCUT2D eigenvalue weighted by Crippen LogP contribution is -2.13. The standard InChI is InChI=1S/C21H20N6O/c1-14-10-20(27-26-14)15-2-5-18(6-3-15)25-21(28)7-4-16-11-22-9-8-19(16)17-12-23-24-13-17/h2-9,11-14,26H,10H2,1H3,(H,23,24)(H,25,28)/b7-4+. The molecule has 0 saturated heterocycles. The first kappa shape index (κ1) is 17.7. The number of pyridine rings is 1. The molecule has 0 saturated carbocycles. The van der Waals surface area contributed by atoms with Gasteiger partial charge in [-0.25, -0.2) is 0 Å². The zero-order chi connectivity index (χ0) is 19.3. The summed E-state index contributed by atoms with van der Waals surface area (Å²) in [4.78, 5) is 16.4. The highest BCUT2D eigenvalue weighted by atomic mass is 16.1. The number of rotatable bonds is 5. The second-order valence-corrected chi connectivity index (χ2v) is 6.64. The molecule has 2 aromatic heterocycles. The summed E-state index contributed by atoms with van der Waals surface area (Å²) in [7, 11) is 0. The number of benzene rings is 1. The first-order valence-electron chi connectivity index (χ1n) is 9.04. The largest absolute Gasteiger partial charge is 0.323 e. The number of hydrogen-bond acceptors (Lipinski definition) is 5. The van der Waals surface area contributed by atoms with Crippen LogP contribution >= 0.6 is 0 Å². The van der Waals surface area contributed by atoms with E-state index >= 15 is 0 Å². The maximum Gasteiger partial charge on any atom is 0.248 e. The van der Waals surface area contributed by atoms with Crippen molar-refractivity contribution in [1.29, 1.82) is 0 Å². The van der Waals surface area contributed by atoms with Crippen molar-refractivity contribution < 1.29 is 4.79 Å². The van der Waals surface area contributed by atoms with Crippen LogP contribution in [-0.2, 0) is 4.79 Å². The SMILES string of the molecule is CC1CC(c2ccc(NC(=O)/C=C/c3cnccc3-c3cn[nH]c3)cc2)=NN1. The minimum absolute atomic E-state index is 0.205. The third-order valence-corrected chi connectivity index (χ3v) is 4.48. The Morgan fingerprint density at radius 3 is 2.75 bits per heavy atom. The van der Waals surface area contributed by atoms with E-state index in [1.54, 1.807) is 30.9 Å². The maximum absolute atomic E-state index is 12.3. The lowest BCUT2D eigenvalue weighted by molar-refractivity contribution is -0.111. The average Bonchev–Trinajstić information content (AvgIpc) is 3.39. The van der Waals surface area contributed by atoms with E-state index in [-0.39, 0.29) is 5.91 Å². The minimum atomic E-state index is -0.205. The van der Waals surface area contributed by atoms with Crippen LogP contribution in [0.5, 0.6) is 0 Å². The van der Waals surface area contributed by atoms with E-state index in [0.29, 0.717) is 6.04 Å². The fourth-order valence-corrected chi connectivity index (χ4v) is 3.05. The smallest absolute Gasteiger partial charge is 0.248 e. The summed E-state index contributed by atoms with van der Waals surface area (Å²) in [6.45, 7) is 2.09. The fourth-order valence-electron chi connectivity index (χ4n) is 3.05. The Kier molecular flexibility index (Phi) is 4.97. The third kappa shape index (κ3) is 3.98. The number of H-pyrrole nitrogens is 1. The van der Waals surface area contributed by atoms with Crippen LogP contribution in [0.15, 0.2) is 66.3 Å². The zero-order valence-electron chi connectivity index (χ0n) is 15.4. The normalized spacial score (nSPS) is 16.0. The Labute approximate surface area is 162 Å². The van der Waals surface area contributed by atoms with Crippen LogP contribution in [0.1, 0.15) is 24.5 Å². The molecule has 3 N–H and O–H groups in total. The van der Waals surface area contributed by atoms with Crippen molar-refractivity contribution >= 4 is 23.4 Å². The van der Waals surface area contributed by atoms with E-state index in [1.165, 1.54) is 6.08 Å². The predicted molar refractivity (Wildman–Crippen MR) is 110 cm³/mol. The van der Waals surface area contributed by atoms with Crippen molar-refractivity contribution in [2.75, 3.05) is 5.32 Å². The first-order valence-corrected chi connectivity index (χ1v) is 9.04. The molecule has 1 atom stereocenters. The lowest BCUT2D eigenvalue weighted by Gasteiger charge is -2.05.